The van der Waals surface area contributed by atoms with E-state index in [1.807, 2.05) is 50.2 Å². The number of carbonyl (C=O) groups excluding carboxylic acids is 1. The molecule has 5 nitrogen and oxygen atoms in total. The van der Waals surface area contributed by atoms with E-state index >= 15 is 0 Å². The van der Waals surface area contributed by atoms with Crippen LogP contribution >= 0.6 is 11.8 Å². The lowest BCUT2D eigenvalue weighted by Crippen LogP contribution is -2.23. The fraction of sp³-hybridized carbons (Fsp3) is 0.318. The average molecular weight is 395 g/mol. The summed E-state index contributed by atoms with van der Waals surface area (Å²) in [5, 5.41) is 12.3. The molecule has 146 valence electrons. The first kappa shape index (κ1) is 20.1. The molecule has 1 aromatic heterocycles. The summed E-state index contributed by atoms with van der Waals surface area (Å²) in [5.74, 6) is 0.804. The van der Waals surface area contributed by atoms with Gasteiger partial charge in [0.1, 0.15) is 0 Å². The average Bonchev–Trinajstić information content (AvgIpc) is 3.04. The highest BCUT2D eigenvalue weighted by molar-refractivity contribution is 8.00. The number of nitrogens with one attached hydrogen (secondary N) is 1. The fourth-order valence-electron chi connectivity index (χ4n) is 2.98. The molecule has 0 radical (unpaired) electrons. The summed E-state index contributed by atoms with van der Waals surface area (Å²) in [7, 11) is 0. The van der Waals surface area contributed by atoms with Crippen LogP contribution in [-0.2, 0) is 11.3 Å². The number of aromatic nitrogens is 3. The van der Waals surface area contributed by atoms with Crippen molar-refractivity contribution in [2.45, 2.75) is 51.1 Å². The van der Waals surface area contributed by atoms with Gasteiger partial charge in [-0.25, -0.2) is 0 Å². The van der Waals surface area contributed by atoms with Crippen LogP contribution < -0.4 is 5.32 Å². The molecule has 0 aliphatic heterocycles. The molecule has 0 fully saturated rings. The largest absolute Gasteiger partial charge is 0.325 e. The molecule has 2 aromatic carbocycles. The topological polar surface area (TPSA) is 59.8 Å². The van der Waals surface area contributed by atoms with Crippen LogP contribution in [0.25, 0.3) is 11.4 Å². The van der Waals surface area contributed by atoms with E-state index in [2.05, 4.69) is 46.1 Å². The van der Waals surface area contributed by atoms with Crippen LogP contribution in [0.1, 0.15) is 31.4 Å². The molecule has 6 heteroatoms. The number of thioether (sulfide) groups is 1. The molecule has 28 heavy (non-hydrogen) atoms. The zero-order valence-electron chi connectivity index (χ0n) is 16.8. The molecule has 1 unspecified atom stereocenters. The van der Waals surface area contributed by atoms with Gasteiger partial charge in [0.05, 0.1) is 5.25 Å². The Bertz CT molecular complexity index is 967. The predicted octanol–water partition coefficient (Wildman–Crippen LogP) is 5.09. The van der Waals surface area contributed by atoms with E-state index in [1.165, 1.54) is 17.3 Å². The Kier molecular flexibility index (Phi) is 6.52. The maximum atomic E-state index is 12.6. The monoisotopic (exact) mass is 394 g/mol. The number of carbonyl (C=O) groups is 1. The Labute approximate surface area is 170 Å². The molecule has 3 rings (SSSR count). The summed E-state index contributed by atoms with van der Waals surface area (Å²) >= 11 is 1.44. The molecule has 3 aromatic rings. The van der Waals surface area contributed by atoms with E-state index in [1.54, 1.807) is 0 Å². The van der Waals surface area contributed by atoms with Gasteiger partial charge in [-0.15, -0.1) is 10.2 Å². The third-order valence-electron chi connectivity index (χ3n) is 4.38. The van der Waals surface area contributed by atoms with Crippen molar-refractivity contribution >= 4 is 23.4 Å². The fourth-order valence-corrected chi connectivity index (χ4v) is 3.85. The van der Waals surface area contributed by atoms with Crippen LogP contribution in [0.3, 0.4) is 0 Å². The molecule has 0 saturated heterocycles. The van der Waals surface area contributed by atoms with Crippen molar-refractivity contribution in [1.29, 1.82) is 0 Å². The van der Waals surface area contributed by atoms with Gasteiger partial charge in [0.15, 0.2) is 11.0 Å². The third kappa shape index (κ3) is 4.81. The molecule has 1 atom stereocenters. The summed E-state index contributed by atoms with van der Waals surface area (Å²) in [6, 6.07) is 16.1. The predicted molar refractivity (Wildman–Crippen MR) is 116 cm³/mol. The van der Waals surface area contributed by atoms with Gasteiger partial charge in [0.25, 0.3) is 0 Å². The first-order chi connectivity index (χ1) is 13.5. The molecule has 0 bridgehead atoms. The minimum Gasteiger partial charge on any atom is -0.325 e. The highest BCUT2D eigenvalue weighted by Gasteiger charge is 2.20. The zero-order valence-corrected chi connectivity index (χ0v) is 17.6. The molecule has 0 spiro atoms. The maximum Gasteiger partial charge on any atom is 0.237 e. The van der Waals surface area contributed by atoms with E-state index in [9.17, 15) is 4.79 Å². The Hall–Kier alpha value is -2.60. The SMILES string of the molecule is CCCn1c(SC(C)C(=O)Nc2cccc(C)c2)nnc1-c1cccc(C)c1. The first-order valence-corrected chi connectivity index (χ1v) is 10.4. The van der Waals surface area contributed by atoms with Crippen molar-refractivity contribution in [3.8, 4) is 11.4 Å². The van der Waals surface area contributed by atoms with Gasteiger partial charge in [-0.2, -0.15) is 0 Å². The Morgan fingerprint density at radius 2 is 1.82 bits per heavy atom. The van der Waals surface area contributed by atoms with E-state index in [-0.39, 0.29) is 11.2 Å². The van der Waals surface area contributed by atoms with Crippen molar-refractivity contribution in [2.75, 3.05) is 5.32 Å². The van der Waals surface area contributed by atoms with E-state index in [0.717, 1.165) is 40.8 Å². The van der Waals surface area contributed by atoms with Crippen molar-refractivity contribution in [3.63, 3.8) is 0 Å². The van der Waals surface area contributed by atoms with Gasteiger partial charge >= 0.3 is 0 Å². The lowest BCUT2D eigenvalue weighted by molar-refractivity contribution is -0.115. The summed E-state index contributed by atoms with van der Waals surface area (Å²) in [5.41, 5.74) is 4.16. The summed E-state index contributed by atoms with van der Waals surface area (Å²) in [6.07, 6.45) is 0.967. The Morgan fingerprint density at radius 3 is 2.50 bits per heavy atom. The van der Waals surface area contributed by atoms with Crippen LogP contribution in [0.5, 0.6) is 0 Å². The van der Waals surface area contributed by atoms with E-state index in [0.29, 0.717) is 0 Å². The second-order valence-corrected chi connectivity index (χ2v) is 8.25. The number of benzene rings is 2. The zero-order chi connectivity index (χ0) is 20.1. The highest BCUT2D eigenvalue weighted by Crippen LogP contribution is 2.28. The lowest BCUT2D eigenvalue weighted by Gasteiger charge is -2.14. The standard InChI is InChI=1S/C22H26N4OS/c1-5-12-26-20(18-10-6-8-15(2)13-18)24-25-22(26)28-17(4)21(27)23-19-11-7-9-16(3)14-19/h6-11,13-14,17H,5,12H2,1-4H3,(H,23,27). The van der Waals surface area contributed by atoms with Crippen LogP contribution in [-0.4, -0.2) is 25.9 Å². The van der Waals surface area contributed by atoms with Gasteiger partial charge in [0.2, 0.25) is 5.91 Å². The summed E-state index contributed by atoms with van der Waals surface area (Å²) in [4.78, 5) is 12.6. The van der Waals surface area contributed by atoms with Gasteiger partial charge in [0, 0.05) is 17.8 Å². The number of amides is 1. The number of anilines is 1. The van der Waals surface area contributed by atoms with Gasteiger partial charge in [-0.3, -0.25) is 4.79 Å². The van der Waals surface area contributed by atoms with Crippen molar-refractivity contribution in [2.24, 2.45) is 0 Å². The number of aryl methyl sites for hydroxylation is 2. The summed E-state index contributed by atoms with van der Waals surface area (Å²) in [6.45, 7) is 8.91. The molecular formula is C22H26N4OS. The second kappa shape index (κ2) is 9.06. The van der Waals surface area contributed by atoms with Crippen LogP contribution in [0.2, 0.25) is 0 Å². The second-order valence-electron chi connectivity index (χ2n) is 6.95. The number of rotatable bonds is 7. The van der Waals surface area contributed by atoms with Crippen LogP contribution in [0.15, 0.2) is 53.7 Å². The Balaban J connectivity index is 1.78. The summed E-state index contributed by atoms with van der Waals surface area (Å²) < 4.78 is 2.11. The number of hydrogen-bond acceptors (Lipinski definition) is 4. The highest BCUT2D eigenvalue weighted by atomic mass is 32.2. The van der Waals surface area contributed by atoms with E-state index < -0.39 is 0 Å². The minimum atomic E-state index is -0.286. The molecular weight excluding hydrogens is 368 g/mol. The number of hydrogen-bond donors (Lipinski definition) is 1. The van der Waals surface area contributed by atoms with Gasteiger partial charge < -0.3 is 9.88 Å². The maximum absolute atomic E-state index is 12.6. The van der Waals surface area contributed by atoms with E-state index in [4.69, 9.17) is 0 Å². The molecule has 1 N–H and O–H groups in total. The van der Waals surface area contributed by atoms with Gasteiger partial charge in [-0.05, 0) is 51.0 Å². The minimum absolute atomic E-state index is 0.0428. The first-order valence-electron chi connectivity index (χ1n) is 9.52. The smallest absolute Gasteiger partial charge is 0.237 e. The van der Waals surface area contributed by atoms with Crippen molar-refractivity contribution in [3.05, 3.63) is 59.7 Å². The van der Waals surface area contributed by atoms with Crippen molar-refractivity contribution < 1.29 is 4.79 Å². The molecule has 0 aliphatic rings. The van der Waals surface area contributed by atoms with Crippen LogP contribution in [0.4, 0.5) is 5.69 Å². The lowest BCUT2D eigenvalue weighted by atomic mass is 10.1. The normalized spacial score (nSPS) is 12.0. The molecule has 0 aliphatic carbocycles. The number of nitrogens with zero attached hydrogens (tertiary/aromatic N) is 3. The molecule has 1 amide bonds. The third-order valence-corrected chi connectivity index (χ3v) is 5.46. The Morgan fingerprint density at radius 1 is 1.11 bits per heavy atom. The van der Waals surface area contributed by atoms with Crippen LogP contribution in [0, 0.1) is 13.8 Å². The molecule has 0 saturated carbocycles. The van der Waals surface area contributed by atoms with Gasteiger partial charge in [-0.1, -0.05) is 54.6 Å². The molecule has 1 heterocycles. The quantitative estimate of drug-likeness (QED) is 0.567. The van der Waals surface area contributed by atoms with Crippen molar-refractivity contribution in [1.82, 2.24) is 14.8 Å².